The lowest BCUT2D eigenvalue weighted by Gasteiger charge is -2.29. The number of alkyl carbamates (subject to hydrolysis) is 1. The Labute approximate surface area is 140 Å². The molecule has 1 heterocycles. The van der Waals surface area contributed by atoms with E-state index in [1.165, 1.54) is 0 Å². The van der Waals surface area contributed by atoms with Crippen molar-refractivity contribution < 1.29 is 19.4 Å². The Balaban J connectivity index is 2.36. The largest absolute Gasteiger partial charge is 0.444 e. The molecule has 1 fully saturated rings. The Morgan fingerprint density at radius 1 is 1.39 bits per heavy atom. The fourth-order valence-electron chi connectivity index (χ4n) is 2.55. The molecule has 6 nitrogen and oxygen atoms in total. The minimum Gasteiger partial charge on any atom is -0.444 e. The Bertz CT molecular complexity index is 381. The van der Waals surface area contributed by atoms with E-state index in [-0.39, 0.29) is 18.1 Å². The number of rotatable bonds is 7. The van der Waals surface area contributed by atoms with Crippen LogP contribution in [0.4, 0.5) is 4.79 Å². The van der Waals surface area contributed by atoms with Crippen LogP contribution in [0, 0.1) is 11.8 Å². The summed E-state index contributed by atoms with van der Waals surface area (Å²) in [5, 5.41) is 16.6. The molecule has 1 aliphatic heterocycles. The zero-order valence-corrected chi connectivity index (χ0v) is 15.4. The number of hydrogen-bond acceptors (Lipinski definition) is 5. The number of nitrogens with one attached hydrogen (secondary N) is 2. The molecule has 0 radical (unpaired) electrons. The van der Waals surface area contributed by atoms with Crippen LogP contribution in [0.3, 0.4) is 0 Å². The van der Waals surface area contributed by atoms with Crippen LogP contribution in [0.1, 0.15) is 48.0 Å². The van der Waals surface area contributed by atoms with Gasteiger partial charge in [-0.15, -0.1) is 0 Å². The third-order valence-electron chi connectivity index (χ3n) is 4.35. The summed E-state index contributed by atoms with van der Waals surface area (Å²) in [4.78, 5) is 11.8. The number of carbonyl (C=O) groups excluding carboxylic acids is 1. The van der Waals surface area contributed by atoms with Crippen molar-refractivity contribution >= 4 is 6.09 Å². The van der Waals surface area contributed by atoms with Gasteiger partial charge in [0.05, 0.1) is 6.10 Å². The highest BCUT2D eigenvalue weighted by atomic mass is 16.6. The van der Waals surface area contributed by atoms with Gasteiger partial charge >= 0.3 is 6.09 Å². The van der Waals surface area contributed by atoms with Gasteiger partial charge in [0.2, 0.25) is 0 Å². The lowest BCUT2D eigenvalue weighted by molar-refractivity contribution is -0.0267. The first-order valence-electron chi connectivity index (χ1n) is 8.55. The van der Waals surface area contributed by atoms with E-state index in [1.54, 1.807) is 0 Å². The van der Waals surface area contributed by atoms with Gasteiger partial charge in [-0.25, -0.2) is 4.79 Å². The number of carbonyl (C=O) groups is 1. The maximum Gasteiger partial charge on any atom is 0.407 e. The summed E-state index contributed by atoms with van der Waals surface area (Å²) in [7, 11) is 0. The van der Waals surface area contributed by atoms with E-state index < -0.39 is 11.2 Å². The molecule has 0 aromatic carbocycles. The molecule has 1 aliphatic rings. The van der Waals surface area contributed by atoms with Gasteiger partial charge in [0.1, 0.15) is 11.2 Å². The number of hydrogen-bond donors (Lipinski definition) is 3. The van der Waals surface area contributed by atoms with Crippen LogP contribution in [0.15, 0.2) is 0 Å². The van der Waals surface area contributed by atoms with Gasteiger partial charge < -0.3 is 25.2 Å². The standard InChI is InChI=1S/C17H34N2O4/c1-12(2)14(10-19-15(20)23-16(4,5)6)9-18-11-17(21)7-8-22-13(17)3/h12-14,18,21H,7-11H2,1-6H3,(H,19,20). The first-order chi connectivity index (χ1) is 10.5. The molecule has 6 heteroatoms. The lowest BCUT2D eigenvalue weighted by Crippen LogP contribution is -2.48. The van der Waals surface area contributed by atoms with E-state index in [4.69, 9.17) is 9.47 Å². The summed E-state index contributed by atoms with van der Waals surface area (Å²) in [6, 6.07) is 0. The normalized spacial score (nSPS) is 26.3. The van der Waals surface area contributed by atoms with E-state index in [0.29, 0.717) is 32.0 Å². The Morgan fingerprint density at radius 3 is 2.52 bits per heavy atom. The van der Waals surface area contributed by atoms with Crippen LogP contribution < -0.4 is 10.6 Å². The molecule has 1 amide bonds. The number of amides is 1. The van der Waals surface area contributed by atoms with E-state index in [2.05, 4.69) is 24.5 Å². The van der Waals surface area contributed by atoms with Crippen LogP contribution in [0.5, 0.6) is 0 Å². The van der Waals surface area contributed by atoms with Crippen molar-refractivity contribution in [3.05, 3.63) is 0 Å². The first-order valence-corrected chi connectivity index (χ1v) is 8.55. The molecule has 0 aromatic heterocycles. The molecule has 23 heavy (non-hydrogen) atoms. The quantitative estimate of drug-likeness (QED) is 0.664. The molecule has 3 N–H and O–H groups in total. The van der Waals surface area contributed by atoms with Crippen LogP contribution >= 0.6 is 0 Å². The smallest absolute Gasteiger partial charge is 0.407 e. The number of aliphatic hydroxyl groups is 1. The average molecular weight is 330 g/mol. The molecular formula is C17H34N2O4. The molecule has 1 saturated heterocycles. The van der Waals surface area contributed by atoms with Crippen molar-refractivity contribution in [2.45, 2.75) is 65.3 Å². The average Bonchev–Trinajstić information content (AvgIpc) is 2.71. The van der Waals surface area contributed by atoms with E-state index in [0.717, 1.165) is 6.54 Å². The molecular weight excluding hydrogens is 296 g/mol. The predicted molar refractivity (Wildman–Crippen MR) is 90.4 cm³/mol. The second-order valence-electron chi connectivity index (χ2n) is 7.88. The monoisotopic (exact) mass is 330 g/mol. The predicted octanol–water partition coefficient (Wildman–Crippen LogP) is 1.91. The molecule has 1 rings (SSSR count). The van der Waals surface area contributed by atoms with Crippen LogP contribution in [0.2, 0.25) is 0 Å². The van der Waals surface area contributed by atoms with Crippen molar-refractivity contribution in [1.82, 2.24) is 10.6 Å². The highest BCUT2D eigenvalue weighted by Crippen LogP contribution is 2.24. The lowest BCUT2D eigenvalue weighted by atomic mass is 9.93. The van der Waals surface area contributed by atoms with Gasteiger partial charge in [-0.3, -0.25) is 0 Å². The molecule has 136 valence electrons. The highest BCUT2D eigenvalue weighted by molar-refractivity contribution is 5.67. The fraction of sp³-hybridized carbons (Fsp3) is 0.941. The fourth-order valence-corrected chi connectivity index (χ4v) is 2.55. The Hall–Kier alpha value is -0.850. The molecule has 3 unspecified atom stereocenters. The van der Waals surface area contributed by atoms with Crippen LogP contribution in [0.25, 0.3) is 0 Å². The SMILES string of the molecule is CC(C)C(CNCC1(O)CCOC1C)CNC(=O)OC(C)(C)C. The van der Waals surface area contributed by atoms with Gasteiger partial charge in [-0.2, -0.15) is 0 Å². The minimum absolute atomic E-state index is 0.146. The second kappa shape index (κ2) is 8.31. The summed E-state index contributed by atoms with van der Waals surface area (Å²) in [5.74, 6) is 0.674. The third-order valence-corrected chi connectivity index (χ3v) is 4.35. The molecule has 0 aliphatic carbocycles. The van der Waals surface area contributed by atoms with Crippen molar-refractivity contribution in [3.8, 4) is 0 Å². The molecule has 0 aromatic rings. The zero-order chi connectivity index (χ0) is 17.7. The van der Waals surface area contributed by atoms with Gasteiger partial charge in [0.25, 0.3) is 0 Å². The first kappa shape index (κ1) is 20.2. The van der Waals surface area contributed by atoms with Gasteiger partial charge in [0, 0.05) is 32.7 Å². The third kappa shape index (κ3) is 7.06. The van der Waals surface area contributed by atoms with Crippen LogP contribution in [-0.2, 0) is 9.47 Å². The molecule has 0 spiro atoms. The zero-order valence-electron chi connectivity index (χ0n) is 15.4. The van der Waals surface area contributed by atoms with E-state index >= 15 is 0 Å². The van der Waals surface area contributed by atoms with E-state index in [9.17, 15) is 9.90 Å². The Kier molecular flexibility index (Phi) is 7.29. The second-order valence-corrected chi connectivity index (χ2v) is 7.88. The van der Waals surface area contributed by atoms with E-state index in [1.807, 2.05) is 27.7 Å². The summed E-state index contributed by atoms with van der Waals surface area (Å²) >= 11 is 0. The summed E-state index contributed by atoms with van der Waals surface area (Å²) in [5.41, 5.74) is -1.28. The Morgan fingerprint density at radius 2 is 2.04 bits per heavy atom. The van der Waals surface area contributed by atoms with Gasteiger partial charge in [-0.05, 0) is 39.5 Å². The maximum atomic E-state index is 11.8. The van der Waals surface area contributed by atoms with Crippen molar-refractivity contribution in [1.29, 1.82) is 0 Å². The van der Waals surface area contributed by atoms with Crippen molar-refractivity contribution in [2.75, 3.05) is 26.2 Å². The molecule has 3 atom stereocenters. The highest BCUT2D eigenvalue weighted by Gasteiger charge is 2.39. The summed E-state index contributed by atoms with van der Waals surface area (Å²) in [6.45, 7) is 14.1. The minimum atomic E-state index is -0.792. The van der Waals surface area contributed by atoms with Crippen molar-refractivity contribution in [2.24, 2.45) is 11.8 Å². The molecule has 0 saturated carbocycles. The maximum absolute atomic E-state index is 11.8. The van der Waals surface area contributed by atoms with Gasteiger partial charge in [-0.1, -0.05) is 13.8 Å². The summed E-state index contributed by atoms with van der Waals surface area (Å²) < 4.78 is 10.7. The molecule has 0 bridgehead atoms. The van der Waals surface area contributed by atoms with Gasteiger partial charge in [0.15, 0.2) is 0 Å². The van der Waals surface area contributed by atoms with Crippen LogP contribution in [-0.4, -0.2) is 54.7 Å². The summed E-state index contributed by atoms with van der Waals surface area (Å²) in [6.07, 6.45) is 0.121. The van der Waals surface area contributed by atoms with Crippen molar-refractivity contribution in [3.63, 3.8) is 0 Å². The topological polar surface area (TPSA) is 79.8 Å². The number of ether oxygens (including phenoxy) is 2.